The van der Waals surface area contributed by atoms with Gasteiger partial charge in [-0.15, -0.1) is 0 Å². The van der Waals surface area contributed by atoms with Gasteiger partial charge in [0.2, 0.25) is 0 Å². The molecule has 0 atom stereocenters. The zero-order chi connectivity index (χ0) is 20.0. The van der Waals surface area contributed by atoms with Crippen LogP contribution in [0.4, 0.5) is 4.79 Å². The molecule has 1 aromatic carbocycles. The van der Waals surface area contributed by atoms with Crippen molar-refractivity contribution in [3.8, 4) is 5.75 Å². The van der Waals surface area contributed by atoms with Gasteiger partial charge in [-0.05, 0) is 50.3 Å². The zero-order valence-electron chi connectivity index (χ0n) is 16.5. The summed E-state index contributed by atoms with van der Waals surface area (Å²) in [6.07, 6.45) is 2.73. The minimum Gasteiger partial charge on any atom is -0.494 e. The maximum atomic E-state index is 12.6. The number of nitrogens with one attached hydrogen (secondary N) is 1. The first-order valence-electron chi connectivity index (χ1n) is 10.1. The summed E-state index contributed by atoms with van der Waals surface area (Å²) < 4.78 is 11.1. The van der Waals surface area contributed by atoms with E-state index in [0.29, 0.717) is 52.3 Å². The molecule has 154 valence electrons. The Kier molecular flexibility index (Phi) is 6.78. The van der Waals surface area contributed by atoms with Crippen LogP contribution in [0.2, 0.25) is 0 Å². The number of hydrogen-bond donors (Lipinski definition) is 2. The lowest BCUT2D eigenvalue weighted by Gasteiger charge is -2.39. The largest absolute Gasteiger partial charge is 0.494 e. The number of hydrogen-bond acceptors (Lipinski definition) is 4. The number of aliphatic carboxylic acids is 1. The predicted octanol–water partition coefficient (Wildman–Crippen LogP) is 2.64. The first-order chi connectivity index (χ1) is 13.5. The van der Waals surface area contributed by atoms with E-state index >= 15 is 0 Å². The smallest absolute Gasteiger partial charge is 0.317 e. The van der Waals surface area contributed by atoms with Crippen LogP contribution in [0.3, 0.4) is 0 Å². The Hall–Kier alpha value is -2.28. The molecule has 0 aromatic heterocycles. The van der Waals surface area contributed by atoms with E-state index in [9.17, 15) is 9.59 Å². The Labute approximate surface area is 166 Å². The number of carboxylic acids is 1. The summed E-state index contributed by atoms with van der Waals surface area (Å²) in [5.41, 5.74) is 1.03. The molecule has 2 heterocycles. The fraction of sp³-hybridized carbons (Fsp3) is 0.619. The number of piperidine rings is 1. The monoisotopic (exact) mass is 390 g/mol. The van der Waals surface area contributed by atoms with Crippen LogP contribution >= 0.6 is 0 Å². The summed E-state index contributed by atoms with van der Waals surface area (Å²) in [6, 6.07) is 8.02. The molecule has 2 saturated heterocycles. The second-order valence-corrected chi connectivity index (χ2v) is 7.61. The summed E-state index contributed by atoms with van der Waals surface area (Å²) >= 11 is 0. The Morgan fingerprint density at radius 1 is 1.21 bits per heavy atom. The molecule has 7 heteroatoms. The van der Waals surface area contributed by atoms with Gasteiger partial charge in [-0.25, -0.2) is 4.79 Å². The number of carbonyl (C=O) groups excluding carboxylic acids is 1. The van der Waals surface area contributed by atoms with Crippen LogP contribution in [0.1, 0.15) is 38.2 Å². The Morgan fingerprint density at radius 2 is 1.86 bits per heavy atom. The summed E-state index contributed by atoms with van der Waals surface area (Å²) in [6.45, 7) is 5.46. The molecule has 7 nitrogen and oxygen atoms in total. The van der Waals surface area contributed by atoms with E-state index in [1.54, 1.807) is 4.90 Å². The van der Waals surface area contributed by atoms with Crippen molar-refractivity contribution in [2.24, 2.45) is 5.92 Å². The maximum absolute atomic E-state index is 12.6. The highest BCUT2D eigenvalue weighted by Gasteiger charge is 2.36. The van der Waals surface area contributed by atoms with Crippen LogP contribution in [-0.4, -0.2) is 61.5 Å². The Bertz CT molecular complexity index is 662. The van der Waals surface area contributed by atoms with Gasteiger partial charge in [-0.3, -0.25) is 4.79 Å². The van der Waals surface area contributed by atoms with E-state index in [1.807, 2.05) is 19.1 Å². The normalized spacial score (nSPS) is 19.8. The molecule has 2 N–H and O–H groups in total. The van der Waals surface area contributed by atoms with Gasteiger partial charge in [0.25, 0.3) is 0 Å². The van der Waals surface area contributed by atoms with Gasteiger partial charge in [0, 0.05) is 38.3 Å². The lowest BCUT2D eigenvalue weighted by Crippen LogP contribution is -2.50. The van der Waals surface area contributed by atoms with Crippen molar-refractivity contribution in [1.29, 1.82) is 0 Å². The lowest BCUT2D eigenvalue weighted by molar-refractivity contribution is -0.143. The summed E-state index contributed by atoms with van der Waals surface area (Å²) in [4.78, 5) is 25.5. The number of nitrogens with zero attached hydrogens (tertiary/aromatic N) is 1. The average Bonchev–Trinajstić information content (AvgIpc) is 2.73. The topological polar surface area (TPSA) is 88.1 Å². The molecule has 0 saturated carbocycles. The number of urea groups is 1. The maximum Gasteiger partial charge on any atom is 0.317 e. The summed E-state index contributed by atoms with van der Waals surface area (Å²) in [7, 11) is 0. The molecule has 0 aliphatic carbocycles. The molecule has 3 rings (SSSR count). The second-order valence-electron chi connectivity index (χ2n) is 7.61. The van der Waals surface area contributed by atoms with Crippen LogP contribution in [0.5, 0.6) is 5.75 Å². The minimum atomic E-state index is -0.767. The Morgan fingerprint density at radius 3 is 2.43 bits per heavy atom. The molecular weight excluding hydrogens is 360 g/mol. The molecule has 0 bridgehead atoms. The number of carboxylic acid groups (broad SMARTS) is 1. The quantitative estimate of drug-likeness (QED) is 0.780. The molecule has 28 heavy (non-hydrogen) atoms. The zero-order valence-corrected chi connectivity index (χ0v) is 16.5. The van der Waals surface area contributed by atoms with Gasteiger partial charge >= 0.3 is 12.0 Å². The first kappa shape index (κ1) is 20.5. The van der Waals surface area contributed by atoms with Gasteiger partial charge in [-0.1, -0.05) is 12.1 Å². The third-order valence-corrected chi connectivity index (χ3v) is 5.94. The highest BCUT2D eigenvalue weighted by Crippen LogP contribution is 2.35. The van der Waals surface area contributed by atoms with Crippen molar-refractivity contribution in [1.82, 2.24) is 10.2 Å². The predicted molar refractivity (Wildman–Crippen MR) is 105 cm³/mol. The highest BCUT2D eigenvalue weighted by atomic mass is 16.5. The minimum absolute atomic E-state index is 0.111. The SMILES string of the molecule is CCOc1ccc(C2(CNC(=O)N3CCC(C(=O)O)CC3)CCOCC2)cc1. The molecule has 0 spiro atoms. The van der Waals surface area contributed by atoms with Crippen molar-refractivity contribution in [3.05, 3.63) is 29.8 Å². The third kappa shape index (κ3) is 4.76. The first-order valence-corrected chi connectivity index (χ1v) is 10.1. The van der Waals surface area contributed by atoms with Gasteiger partial charge in [0.15, 0.2) is 0 Å². The van der Waals surface area contributed by atoms with Gasteiger partial charge in [-0.2, -0.15) is 0 Å². The standard InChI is InChI=1S/C21H30N2O5/c1-2-28-18-5-3-17(4-6-18)21(9-13-27-14-10-21)15-22-20(26)23-11-7-16(8-12-23)19(24)25/h3-6,16H,2,7-15H2,1H3,(H,22,26)(H,24,25). The van der Waals surface area contributed by atoms with Gasteiger partial charge in [0.05, 0.1) is 12.5 Å². The Balaban J connectivity index is 1.63. The third-order valence-electron chi connectivity index (χ3n) is 5.94. The number of likely N-dealkylation sites (tertiary alicyclic amines) is 1. The van der Waals surface area contributed by atoms with Crippen LogP contribution < -0.4 is 10.1 Å². The number of carbonyl (C=O) groups is 2. The highest BCUT2D eigenvalue weighted by molar-refractivity contribution is 5.75. The average molecular weight is 390 g/mol. The molecule has 2 fully saturated rings. The van der Waals surface area contributed by atoms with Crippen molar-refractivity contribution < 1.29 is 24.2 Å². The van der Waals surface area contributed by atoms with Crippen molar-refractivity contribution in [2.75, 3.05) is 39.5 Å². The molecular formula is C21H30N2O5. The molecule has 2 aliphatic heterocycles. The fourth-order valence-corrected chi connectivity index (χ4v) is 4.09. The van der Waals surface area contributed by atoms with E-state index in [1.165, 1.54) is 5.56 Å². The van der Waals surface area contributed by atoms with Crippen molar-refractivity contribution >= 4 is 12.0 Å². The molecule has 2 amide bonds. The summed E-state index contributed by atoms with van der Waals surface area (Å²) in [5, 5.41) is 12.2. The lowest BCUT2D eigenvalue weighted by atomic mass is 9.74. The summed E-state index contributed by atoms with van der Waals surface area (Å²) in [5.74, 6) is -0.259. The van der Waals surface area contributed by atoms with Gasteiger partial charge < -0.3 is 24.8 Å². The van der Waals surface area contributed by atoms with Crippen molar-refractivity contribution in [3.63, 3.8) is 0 Å². The van der Waals surface area contributed by atoms with E-state index in [-0.39, 0.29) is 17.4 Å². The number of ether oxygens (including phenoxy) is 2. The van der Waals surface area contributed by atoms with E-state index in [0.717, 1.165) is 18.6 Å². The van der Waals surface area contributed by atoms with Crippen LogP contribution in [0, 0.1) is 5.92 Å². The number of benzene rings is 1. The molecule has 2 aliphatic rings. The molecule has 0 radical (unpaired) electrons. The van der Waals surface area contributed by atoms with Crippen LogP contribution in [-0.2, 0) is 14.9 Å². The molecule has 1 aromatic rings. The van der Waals surface area contributed by atoms with Gasteiger partial charge in [0.1, 0.15) is 5.75 Å². The van der Waals surface area contributed by atoms with E-state index < -0.39 is 5.97 Å². The van der Waals surface area contributed by atoms with E-state index in [4.69, 9.17) is 14.6 Å². The van der Waals surface area contributed by atoms with Crippen molar-refractivity contribution in [2.45, 2.75) is 38.0 Å². The fourth-order valence-electron chi connectivity index (χ4n) is 4.09. The molecule has 0 unspecified atom stereocenters. The number of rotatable bonds is 6. The second kappa shape index (κ2) is 9.28. The van der Waals surface area contributed by atoms with Crippen LogP contribution in [0.15, 0.2) is 24.3 Å². The van der Waals surface area contributed by atoms with E-state index in [2.05, 4.69) is 17.4 Å². The van der Waals surface area contributed by atoms with Crippen LogP contribution in [0.25, 0.3) is 0 Å². The number of amides is 2.